The van der Waals surface area contributed by atoms with Gasteiger partial charge in [-0.3, -0.25) is 19.0 Å². The van der Waals surface area contributed by atoms with Crippen LogP contribution in [0.4, 0.5) is 5.82 Å². The monoisotopic (exact) mass is 567 g/mol. The molecule has 7 rings (SSSR count). The van der Waals surface area contributed by atoms with Gasteiger partial charge < -0.3 is 15.6 Å². The first-order valence-electron chi connectivity index (χ1n) is 13.8. The molecule has 1 atom stereocenters. The van der Waals surface area contributed by atoms with Crippen molar-refractivity contribution in [2.75, 3.05) is 5.73 Å². The zero-order valence-corrected chi connectivity index (χ0v) is 23.1. The average Bonchev–Trinajstić information content (AvgIpc) is 3.69. The summed E-state index contributed by atoms with van der Waals surface area (Å²) < 4.78 is 4.97. The topological polar surface area (TPSA) is 129 Å². The molecule has 0 unspecified atom stereocenters. The summed E-state index contributed by atoms with van der Waals surface area (Å²) in [6.07, 6.45) is 3.70. The highest BCUT2D eigenvalue weighted by molar-refractivity contribution is 6.04. The van der Waals surface area contributed by atoms with Crippen molar-refractivity contribution in [3.05, 3.63) is 124 Å². The fraction of sp³-hybridized carbons (Fsp3) is 0.121. The molecule has 0 aliphatic carbocycles. The number of nitrogen functional groups attached to an aromatic ring is 1. The summed E-state index contributed by atoms with van der Waals surface area (Å²) in [5, 5.41) is 8.32. The number of nitrogens with one attached hydrogen (secondary N) is 1. The molecule has 0 spiro atoms. The summed E-state index contributed by atoms with van der Waals surface area (Å²) in [5.41, 5.74) is 9.51. The molecule has 0 radical (unpaired) electrons. The van der Waals surface area contributed by atoms with Crippen LogP contribution >= 0.6 is 0 Å². The number of hydrogen-bond donors (Lipinski definition) is 2. The van der Waals surface area contributed by atoms with Crippen LogP contribution in [0, 0.1) is 11.8 Å². The fourth-order valence-electron chi connectivity index (χ4n) is 5.65. The van der Waals surface area contributed by atoms with Crippen molar-refractivity contribution in [1.82, 2.24) is 29.0 Å². The number of carbonyl (C=O) groups is 2. The zero-order chi connectivity index (χ0) is 29.7. The number of rotatable bonds is 4. The molecule has 2 aromatic carbocycles. The molecular formula is C33H25N7O3. The van der Waals surface area contributed by atoms with Crippen molar-refractivity contribution in [3.63, 3.8) is 0 Å². The summed E-state index contributed by atoms with van der Waals surface area (Å²) in [5.74, 6) is 6.06. The average molecular weight is 568 g/mol. The number of anilines is 1. The van der Waals surface area contributed by atoms with Crippen molar-refractivity contribution < 1.29 is 9.59 Å². The standard InChI is InChI=1S/C33H25N7O3/c1-20(36-32(42)29-30(34)37-39-17-6-16-35-31(29)39)26-19-22-8-5-7-21(11-12-23-13-14-25-27(41)15-18-38(23)25)28(22)33(43)40(26)24-9-3-2-4-10-24/h2-10,13-14,16-17,19-20H,15,18H2,1H3,(H2,34,37)(H,36,42)/t20-/m1/s1. The maximum Gasteiger partial charge on any atom is 0.264 e. The van der Waals surface area contributed by atoms with Gasteiger partial charge in [0.25, 0.3) is 11.5 Å². The molecule has 5 heterocycles. The second-order valence-electron chi connectivity index (χ2n) is 10.3. The van der Waals surface area contributed by atoms with Crippen LogP contribution in [0.15, 0.2) is 90.0 Å². The molecule has 6 aromatic rings. The molecule has 0 saturated carbocycles. The Labute approximate surface area is 245 Å². The molecule has 10 heteroatoms. The van der Waals surface area contributed by atoms with Gasteiger partial charge in [0, 0.05) is 42.3 Å². The van der Waals surface area contributed by atoms with E-state index < -0.39 is 11.9 Å². The summed E-state index contributed by atoms with van der Waals surface area (Å²) >= 11 is 0. The van der Waals surface area contributed by atoms with E-state index in [-0.39, 0.29) is 22.7 Å². The van der Waals surface area contributed by atoms with Gasteiger partial charge in [-0.15, -0.1) is 5.10 Å². The van der Waals surface area contributed by atoms with Crippen LogP contribution in [-0.2, 0) is 6.54 Å². The number of nitrogens with two attached hydrogens (primary N) is 1. The number of amides is 1. The number of pyridine rings is 1. The van der Waals surface area contributed by atoms with E-state index in [1.165, 1.54) is 4.52 Å². The predicted molar refractivity (Wildman–Crippen MR) is 162 cm³/mol. The Morgan fingerprint density at radius 3 is 2.70 bits per heavy atom. The van der Waals surface area contributed by atoms with Crippen LogP contribution in [0.3, 0.4) is 0 Å². The molecule has 0 fully saturated rings. The van der Waals surface area contributed by atoms with Crippen LogP contribution in [-0.4, -0.2) is 35.4 Å². The quantitative estimate of drug-likeness (QED) is 0.311. The third-order valence-electron chi connectivity index (χ3n) is 7.68. The molecule has 1 aliphatic heterocycles. The number of Topliss-reactive ketones (excluding diaryl/α,β-unsaturated/α-hetero) is 1. The van der Waals surface area contributed by atoms with E-state index in [9.17, 15) is 14.4 Å². The first-order valence-corrected chi connectivity index (χ1v) is 13.8. The Morgan fingerprint density at radius 2 is 1.86 bits per heavy atom. The molecule has 43 heavy (non-hydrogen) atoms. The van der Waals surface area contributed by atoms with Crippen LogP contribution in [0.25, 0.3) is 22.1 Å². The van der Waals surface area contributed by atoms with Gasteiger partial charge in [-0.05, 0) is 60.7 Å². The minimum Gasteiger partial charge on any atom is -0.381 e. The number of aromatic nitrogens is 5. The van der Waals surface area contributed by atoms with E-state index in [1.807, 2.05) is 72.2 Å². The highest BCUT2D eigenvalue weighted by Crippen LogP contribution is 2.25. The first-order chi connectivity index (χ1) is 20.9. The van der Waals surface area contributed by atoms with Crippen LogP contribution in [0.2, 0.25) is 0 Å². The summed E-state index contributed by atoms with van der Waals surface area (Å²) in [4.78, 5) is 44.1. The molecular weight excluding hydrogens is 542 g/mol. The highest BCUT2D eigenvalue weighted by Gasteiger charge is 2.24. The Kier molecular flexibility index (Phi) is 6.13. The van der Waals surface area contributed by atoms with Crippen molar-refractivity contribution >= 4 is 33.9 Å². The number of ketones is 1. The lowest BCUT2D eigenvalue weighted by Crippen LogP contribution is -2.32. The van der Waals surface area contributed by atoms with E-state index in [4.69, 9.17) is 5.73 Å². The molecule has 210 valence electrons. The van der Waals surface area contributed by atoms with Gasteiger partial charge in [0.1, 0.15) is 5.56 Å². The SMILES string of the molecule is C[C@@H](NC(=O)c1c(N)nn2cccnc12)c1cc2cccc(C#Cc3ccc4n3CCC4=O)c2c(=O)n1-c1ccccc1. The fourth-order valence-corrected chi connectivity index (χ4v) is 5.65. The number of carbonyl (C=O) groups excluding carboxylic acids is 2. The summed E-state index contributed by atoms with van der Waals surface area (Å²) in [6.45, 7) is 2.41. The third-order valence-corrected chi connectivity index (χ3v) is 7.68. The minimum absolute atomic E-state index is 0.0589. The van der Waals surface area contributed by atoms with Gasteiger partial charge in [0.2, 0.25) is 0 Å². The molecule has 0 bridgehead atoms. The lowest BCUT2D eigenvalue weighted by Gasteiger charge is -2.21. The van der Waals surface area contributed by atoms with Crippen LogP contribution in [0.1, 0.15) is 57.2 Å². The maximum absolute atomic E-state index is 14.3. The van der Waals surface area contributed by atoms with E-state index in [0.29, 0.717) is 52.0 Å². The minimum atomic E-state index is -0.599. The van der Waals surface area contributed by atoms with Gasteiger partial charge in [0.15, 0.2) is 17.2 Å². The Balaban J connectivity index is 1.34. The Hall–Kier alpha value is -5.95. The first kappa shape index (κ1) is 26.0. The highest BCUT2D eigenvalue weighted by atomic mass is 16.2. The van der Waals surface area contributed by atoms with Gasteiger partial charge >= 0.3 is 0 Å². The van der Waals surface area contributed by atoms with Gasteiger partial charge in [-0.1, -0.05) is 36.3 Å². The molecule has 0 saturated heterocycles. The van der Waals surface area contributed by atoms with Crippen molar-refractivity contribution in [3.8, 4) is 17.5 Å². The number of para-hydroxylation sites is 1. The predicted octanol–water partition coefficient (Wildman–Crippen LogP) is 3.89. The van der Waals surface area contributed by atoms with Gasteiger partial charge in [-0.2, -0.15) is 0 Å². The summed E-state index contributed by atoms with van der Waals surface area (Å²) in [6, 6.07) is 21.4. The number of benzene rings is 2. The van der Waals surface area contributed by atoms with E-state index >= 15 is 0 Å². The number of nitrogens with zero attached hydrogens (tertiary/aromatic N) is 5. The third kappa shape index (κ3) is 4.35. The lowest BCUT2D eigenvalue weighted by atomic mass is 10.0. The molecule has 3 N–H and O–H groups in total. The van der Waals surface area contributed by atoms with Crippen LogP contribution in [0.5, 0.6) is 0 Å². The van der Waals surface area contributed by atoms with Crippen molar-refractivity contribution in [2.24, 2.45) is 0 Å². The maximum atomic E-state index is 14.3. The van der Waals surface area contributed by atoms with E-state index in [0.717, 1.165) is 5.69 Å². The molecule has 10 nitrogen and oxygen atoms in total. The van der Waals surface area contributed by atoms with Crippen molar-refractivity contribution in [1.29, 1.82) is 0 Å². The van der Waals surface area contributed by atoms with Gasteiger partial charge in [-0.25, -0.2) is 9.50 Å². The normalized spacial score (nSPS) is 13.1. The Morgan fingerprint density at radius 1 is 1.02 bits per heavy atom. The number of fused-ring (bicyclic) bond motifs is 3. The zero-order valence-electron chi connectivity index (χ0n) is 23.1. The molecule has 1 aliphatic rings. The lowest BCUT2D eigenvalue weighted by molar-refractivity contribution is 0.0939. The smallest absolute Gasteiger partial charge is 0.264 e. The molecule has 4 aromatic heterocycles. The largest absolute Gasteiger partial charge is 0.381 e. The summed E-state index contributed by atoms with van der Waals surface area (Å²) in [7, 11) is 0. The number of hydrogen-bond acceptors (Lipinski definition) is 6. The van der Waals surface area contributed by atoms with Crippen molar-refractivity contribution in [2.45, 2.75) is 25.9 Å². The second kappa shape index (κ2) is 10.2. The van der Waals surface area contributed by atoms with Crippen LogP contribution < -0.4 is 16.6 Å². The second-order valence-corrected chi connectivity index (χ2v) is 10.3. The van der Waals surface area contributed by atoms with E-state index in [1.54, 1.807) is 29.1 Å². The van der Waals surface area contributed by atoms with E-state index in [2.05, 4.69) is 27.2 Å². The van der Waals surface area contributed by atoms with Gasteiger partial charge in [0.05, 0.1) is 22.8 Å². The molecule has 1 amide bonds. The Bertz CT molecular complexity index is 2210.